The molecule has 1 amide bonds. The van der Waals surface area contributed by atoms with Crippen LogP contribution in [-0.2, 0) is 16.1 Å². The minimum Gasteiger partial charge on any atom is -0.480 e. The molecule has 0 bridgehead atoms. The Labute approximate surface area is 118 Å². The molecule has 0 heterocycles. The molecule has 110 valence electrons. The third-order valence-corrected chi connectivity index (χ3v) is 3.09. The molecule has 2 N–H and O–H groups in total. The molecule has 0 aromatic heterocycles. The van der Waals surface area contributed by atoms with Crippen molar-refractivity contribution in [2.45, 2.75) is 45.3 Å². The highest BCUT2D eigenvalue weighted by Crippen LogP contribution is 2.15. The molecular formula is C15H21NO4. The molecule has 0 fully saturated rings. The number of carboxylic acid groups (broad SMARTS) is 1. The number of carbonyl (C=O) groups excluding carboxylic acids is 1. The molecule has 1 atom stereocenters. The van der Waals surface area contributed by atoms with Gasteiger partial charge in [-0.15, -0.1) is 0 Å². The fourth-order valence-corrected chi connectivity index (χ4v) is 1.74. The number of benzene rings is 1. The molecule has 5 heteroatoms. The van der Waals surface area contributed by atoms with Crippen LogP contribution in [0.2, 0.25) is 0 Å². The molecule has 5 nitrogen and oxygen atoms in total. The maximum Gasteiger partial charge on any atom is 0.408 e. The molecule has 0 aliphatic carbocycles. The van der Waals surface area contributed by atoms with Crippen molar-refractivity contribution in [2.75, 3.05) is 0 Å². The summed E-state index contributed by atoms with van der Waals surface area (Å²) in [5, 5.41) is 11.7. The summed E-state index contributed by atoms with van der Waals surface area (Å²) in [7, 11) is 0. The van der Waals surface area contributed by atoms with Crippen LogP contribution in [-0.4, -0.2) is 22.7 Å². The van der Waals surface area contributed by atoms with Crippen molar-refractivity contribution in [1.29, 1.82) is 0 Å². The minimum atomic E-state index is -1.29. The molecule has 0 saturated heterocycles. The van der Waals surface area contributed by atoms with E-state index in [4.69, 9.17) is 4.74 Å². The number of hydrogen-bond donors (Lipinski definition) is 2. The number of ether oxygens (including phenoxy) is 1. The Balaban J connectivity index is 2.52. The molecule has 0 spiro atoms. The highest BCUT2D eigenvalue weighted by Gasteiger charge is 2.34. The van der Waals surface area contributed by atoms with Gasteiger partial charge in [0.25, 0.3) is 0 Å². The number of nitrogens with one attached hydrogen (secondary N) is 1. The van der Waals surface area contributed by atoms with E-state index in [2.05, 4.69) is 5.32 Å². The number of aliphatic carboxylic acids is 1. The Kier molecular flexibility index (Phi) is 6.03. The lowest BCUT2D eigenvalue weighted by Crippen LogP contribution is -2.52. The second kappa shape index (κ2) is 7.53. The van der Waals surface area contributed by atoms with Crippen LogP contribution in [0.4, 0.5) is 4.79 Å². The lowest BCUT2D eigenvalue weighted by molar-refractivity contribution is -0.144. The molecule has 0 aliphatic rings. The number of rotatable bonds is 7. The van der Waals surface area contributed by atoms with Crippen LogP contribution in [0.15, 0.2) is 30.3 Å². The smallest absolute Gasteiger partial charge is 0.408 e. The third-order valence-electron chi connectivity index (χ3n) is 3.09. The predicted octanol–water partition coefficient (Wildman–Crippen LogP) is 2.95. The average Bonchev–Trinajstić information content (AvgIpc) is 2.44. The van der Waals surface area contributed by atoms with Crippen molar-refractivity contribution < 1.29 is 19.4 Å². The van der Waals surface area contributed by atoms with E-state index in [1.807, 2.05) is 37.3 Å². The predicted molar refractivity (Wildman–Crippen MR) is 75.3 cm³/mol. The van der Waals surface area contributed by atoms with Gasteiger partial charge in [0.15, 0.2) is 0 Å². The summed E-state index contributed by atoms with van der Waals surface area (Å²) in [6.45, 7) is 3.58. The van der Waals surface area contributed by atoms with Gasteiger partial charge in [0, 0.05) is 0 Å². The molecule has 1 aromatic carbocycles. The van der Waals surface area contributed by atoms with Crippen molar-refractivity contribution in [3.63, 3.8) is 0 Å². The van der Waals surface area contributed by atoms with Gasteiger partial charge in [-0.1, -0.05) is 50.1 Å². The molecule has 1 aromatic rings. The van der Waals surface area contributed by atoms with Crippen LogP contribution in [0.1, 0.15) is 38.7 Å². The first-order valence-corrected chi connectivity index (χ1v) is 6.70. The molecule has 0 aliphatic heterocycles. The van der Waals surface area contributed by atoms with Crippen molar-refractivity contribution >= 4 is 12.1 Å². The molecule has 1 unspecified atom stereocenters. The average molecular weight is 279 g/mol. The normalized spacial score (nSPS) is 13.3. The molecular weight excluding hydrogens is 258 g/mol. The van der Waals surface area contributed by atoms with Crippen LogP contribution in [0.25, 0.3) is 0 Å². The third kappa shape index (κ3) is 4.91. The van der Waals surface area contributed by atoms with Crippen LogP contribution < -0.4 is 5.32 Å². The first kappa shape index (κ1) is 16.0. The van der Waals surface area contributed by atoms with Gasteiger partial charge in [0.2, 0.25) is 0 Å². The number of carbonyl (C=O) groups is 2. The summed E-state index contributed by atoms with van der Waals surface area (Å²) in [6, 6.07) is 9.23. The van der Waals surface area contributed by atoms with Crippen LogP contribution >= 0.6 is 0 Å². The Morgan fingerprint density at radius 3 is 2.50 bits per heavy atom. The summed E-state index contributed by atoms with van der Waals surface area (Å²) in [5.74, 6) is -1.05. The van der Waals surface area contributed by atoms with Crippen LogP contribution in [0.5, 0.6) is 0 Å². The SMILES string of the molecule is CCCCC(C)(NC(=O)OCc1ccccc1)C(=O)O. The summed E-state index contributed by atoms with van der Waals surface area (Å²) in [4.78, 5) is 23.0. The number of amides is 1. The largest absolute Gasteiger partial charge is 0.480 e. The highest BCUT2D eigenvalue weighted by molar-refractivity contribution is 5.83. The number of alkyl carbamates (subject to hydrolysis) is 1. The van der Waals surface area contributed by atoms with Crippen molar-refractivity contribution in [2.24, 2.45) is 0 Å². The van der Waals surface area contributed by atoms with Crippen LogP contribution in [0, 0.1) is 0 Å². The van der Waals surface area contributed by atoms with E-state index in [-0.39, 0.29) is 6.61 Å². The van der Waals surface area contributed by atoms with E-state index in [0.717, 1.165) is 18.4 Å². The quantitative estimate of drug-likeness (QED) is 0.804. The fraction of sp³-hybridized carbons (Fsp3) is 0.467. The molecule has 20 heavy (non-hydrogen) atoms. The monoisotopic (exact) mass is 279 g/mol. The van der Waals surface area contributed by atoms with Crippen LogP contribution in [0.3, 0.4) is 0 Å². The van der Waals surface area contributed by atoms with Crippen molar-refractivity contribution in [3.8, 4) is 0 Å². The topological polar surface area (TPSA) is 75.6 Å². The molecule has 0 saturated carbocycles. The summed E-state index contributed by atoms with van der Waals surface area (Å²) >= 11 is 0. The Bertz CT molecular complexity index is 446. The van der Waals surface area contributed by atoms with Gasteiger partial charge in [0.05, 0.1) is 0 Å². The summed E-state index contributed by atoms with van der Waals surface area (Å²) in [6.07, 6.45) is 1.25. The van der Waals surface area contributed by atoms with Gasteiger partial charge in [-0.05, 0) is 18.9 Å². The first-order chi connectivity index (χ1) is 9.48. The van der Waals surface area contributed by atoms with E-state index < -0.39 is 17.6 Å². The van der Waals surface area contributed by atoms with Gasteiger partial charge >= 0.3 is 12.1 Å². The van der Waals surface area contributed by atoms with Gasteiger partial charge in [0.1, 0.15) is 12.1 Å². The second-order valence-electron chi connectivity index (χ2n) is 4.93. The summed E-state index contributed by atoms with van der Waals surface area (Å²) in [5.41, 5.74) is -0.433. The van der Waals surface area contributed by atoms with Crippen molar-refractivity contribution in [3.05, 3.63) is 35.9 Å². The number of carboxylic acids is 1. The zero-order chi connectivity index (χ0) is 15.0. The Hall–Kier alpha value is -2.04. The van der Waals surface area contributed by atoms with E-state index in [1.165, 1.54) is 6.92 Å². The van der Waals surface area contributed by atoms with E-state index >= 15 is 0 Å². The number of unbranched alkanes of at least 4 members (excludes halogenated alkanes) is 1. The molecule has 0 radical (unpaired) electrons. The molecule has 1 rings (SSSR count). The van der Waals surface area contributed by atoms with Gasteiger partial charge in [-0.25, -0.2) is 9.59 Å². The number of hydrogen-bond acceptors (Lipinski definition) is 3. The zero-order valence-corrected chi connectivity index (χ0v) is 11.9. The summed E-state index contributed by atoms with van der Waals surface area (Å²) < 4.78 is 5.04. The Morgan fingerprint density at radius 1 is 1.30 bits per heavy atom. The first-order valence-electron chi connectivity index (χ1n) is 6.70. The lowest BCUT2D eigenvalue weighted by Gasteiger charge is -2.25. The minimum absolute atomic E-state index is 0.121. The van der Waals surface area contributed by atoms with E-state index in [1.54, 1.807) is 0 Å². The highest BCUT2D eigenvalue weighted by atomic mass is 16.5. The van der Waals surface area contributed by atoms with E-state index in [9.17, 15) is 14.7 Å². The lowest BCUT2D eigenvalue weighted by atomic mass is 9.95. The van der Waals surface area contributed by atoms with Gasteiger partial charge in [-0.3, -0.25) is 0 Å². The van der Waals surface area contributed by atoms with Gasteiger partial charge in [-0.2, -0.15) is 0 Å². The fourth-order valence-electron chi connectivity index (χ4n) is 1.74. The van der Waals surface area contributed by atoms with E-state index in [0.29, 0.717) is 6.42 Å². The zero-order valence-electron chi connectivity index (χ0n) is 11.9. The Morgan fingerprint density at radius 2 is 1.95 bits per heavy atom. The standard InChI is InChI=1S/C15H21NO4/c1-3-4-10-15(2,13(17)18)16-14(19)20-11-12-8-6-5-7-9-12/h5-9H,3-4,10-11H2,1-2H3,(H,16,19)(H,17,18). The maximum atomic E-state index is 11.7. The maximum absolute atomic E-state index is 11.7. The van der Waals surface area contributed by atoms with Crippen molar-refractivity contribution in [1.82, 2.24) is 5.32 Å². The second-order valence-corrected chi connectivity index (χ2v) is 4.93. The van der Waals surface area contributed by atoms with Gasteiger partial charge < -0.3 is 15.2 Å².